The quantitative estimate of drug-likeness (QED) is 0.615. The maximum Gasteiger partial charge on any atom is 0.341 e. The van der Waals surface area contributed by atoms with Gasteiger partial charge in [-0.15, -0.1) is 0 Å². The van der Waals surface area contributed by atoms with Gasteiger partial charge in [0.05, 0.1) is 17.7 Å². The minimum absolute atomic E-state index is 0.00713. The van der Waals surface area contributed by atoms with Crippen molar-refractivity contribution in [2.24, 2.45) is 0 Å². The number of rotatable bonds is 4. The Labute approximate surface area is 156 Å². The highest BCUT2D eigenvalue weighted by molar-refractivity contribution is 6.21. The molecular formula is C21H19NO5. The van der Waals surface area contributed by atoms with Crippen LogP contribution in [-0.4, -0.2) is 41.9 Å². The molecule has 2 aromatic rings. The lowest BCUT2D eigenvalue weighted by atomic mass is 9.97. The average Bonchev–Trinajstić information content (AvgIpc) is 3.10. The first-order chi connectivity index (χ1) is 13.0. The molecule has 27 heavy (non-hydrogen) atoms. The Balaban J connectivity index is 1.42. The number of hydrogen-bond donors (Lipinski definition) is 0. The van der Waals surface area contributed by atoms with Crippen molar-refractivity contribution in [1.29, 1.82) is 0 Å². The second-order valence-electron chi connectivity index (χ2n) is 6.78. The van der Waals surface area contributed by atoms with Gasteiger partial charge in [-0.1, -0.05) is 31.2 Å². The summed E-state index contributed by atoms with van der Waals surface area (Å²) >= 11 is 0. The Bertz CT molecular complexity index is 916. The topological polar surface area (TPSA) is 72.9 Å². The third-order valence-corrected chi connectivity index (χ3v) is 5.19. The van der Waals surface area contributed by atoms with Gasteiger partial charge in [-0.3, -0.25) is 14.5 Å². The molecule has 138 valence electrons. The summed E-state index contributed by atoms with van der Waals surface area (Å²) in [5, 5.41) is 0. The van der Waals surface area contributed by atoms with Crippen LogP contribution in [0.3, 0.4) is 0 Å². The summed E-state index contributed by atoms with van der Waals surface area (Å²) in [5.41, 5.74) is 2.11. The Morgan fingerprint density at radius 2 is 1.70 bits per heavy atom. The first kappa shape index (κ1) is 17.3. The Hall–Kier alpha value is -3.15. The summed E-state index contributed by atoms with van der Waals surface area (Å²) in [6.07, 6.45) is -0.00713. The van der Waals surface area contributed by atoms with Gasteiger partial charge in [-0.2, -0.15) is 0 Å². The number of nitrogens with zero attached hydrogens (tertiary/aromatic N) is 1. The van der Waals surface area contributed by atoms with Crippen molar-refractivity contribution in [2.75, 3.05) is 13.2 Å². The maximum atomic E-state index is 12.5. The van der Waals surface area contributed by atoms with Crippen LogP contribution in [0, 0.1) is 0 Å². The second kappa shape index (κ2) is 6.54. The monoisotopic (exact) mass is 365 g/mol. The van der Waals surface area contributed by atoms with Crippen LogP contribution in [-0.2, 0) is 4.74 Å². The number of benzene rings is 2. The normalized spacial score (nSPS) is 20.3. The molecule has 0 aromatic heterocycles. The van der Waals surface area contributed by atoms with Crippen LogP contribution < -0.4 is 4.74 Å². The van der Waals surface area contributed by atoms with Crippen LogP contribution in [0.15, 0.2) is 42.5 Å². The molecule has 0 bridgehead atoms. The van der Waals surface area contributed by atoms with Gasteiger partial charge >= 0.3 is 5.97 Å². The van der Waals surface area contributed by atoms with Crippen LogP contribution >= 0.6 is 0 Å². The molecule has 2 aliphatic heterocycles. The Morgan fingerprint density at radius 3 is 2.37 bits per heavy atom. The fourth-order valence-electron chi connectivity index (χ4n) is 3.50. The lowest BCUT2D eigenvalue weighted by Gasteiger charge is -2.14. The lowest BCUT2D eigenvalue weighted by Crippen LogP contribution is -2.33. The number of hydrogen-bond acceptors (Lipinski definition) is 5. The molecule has 2 aromatic carbocycles. The summed E-state index contributed by atoms with van der Waals surface area (Å²) in [5.74, 6) is -0.490. The van der Waals surface area contributed by atoms with E-state index in [9.17, 15) is 14.4 Å². The van der Waals surface area contributed by atoms with E-state index in [0.717, 1.165) is 10.5 Å². The van der Waals surface area contributed by atoms with Crippen molar-refractivity contribution >= 4 is 17.8 Å². The van der Waals surface area contributed by atoms with Crippen LogP contribution in [0.5, 0.6) is 5.75 Å². The van der Waals surface area contributed by atoms with Gasteiger partial charge in [0.25, 0.3) is 11.8 Å². The van der Waals surface area contributed by atoms with Crippen molar-refractivity contribution in [3.63, 3.8) is 0 Å². The Kier molecular flexibility index (Phi) is 4.18. The summed E-state index contributed by atoms with van der Waals surface area (Å²) < 4.78 is 11.1. The molecule has 0 spiro atoms. The molecule has 0 saturated carbocycles. The number of esters is 1. The molecule has 2 aliphatic rings. The van der Waals surface area contributed by atoms with E-state index >= 15 is 0 Å². The number of para-hydroxylation sites is 1. The fraction of sp³-hybridized carbons (Fsp3) is 0.286. The first-order valence-electron chi connectivity index (χ1n) is 8.91. The molecule has 6 heteroatoms. The molecule has 0 aliphatic carbocycles. The van der Waals surface area contributed by atoms with Gasteiger partial charge in [0.2, 0.25) is 0 Å². The van der Waals surface area contributed by atoms with Crippen LogP contribution in [0.1, 0.15) is 56.4 Å². The molecule has 0 N–H and O–H groups in total. The van der Waals surface area contributed by atoms with E-state index in [-0.39, 0.29) is 37.0 Å². The van der Waals surface area contributed by atoms with Crippen molar-refractivity contribution < 1.29 is 23.9 Å². The number of ether oxygens (including phenoxy) is 2. The SMILES string of the molecule is C[C@@H]1c2cccc(C(=O)OCCN3C(=O)c4ccccc4C3=O)c2O[C@@H]1C. The van der Waals surface area contributed by atoms with Crippen molar-refractivity contribution in [1.82, 2.24) is 4.90 Å². The fourth-order valence-corrected chi connectivity index (χ4v) is 3.50. The average molecular weight is 365 g/mol. The molecule has 4 rings (SSSR count). The number of fused-ring (bicyclic) bond motifs is 2. The van der Waals surface area contributed by atoms with Crippen molar-refractivity contribution in [3.05, 3.63) is 64.7 Å². The minimum Gasteiger partial charge on any atom is -0.489 e. The molecule has 0 saturated heterocycles. The summed E-state index contributed by atoms with van der Waals surface area (Å²) in [6, 6.07) is 12.1. The molecule has 0 unspecified atom stereocenters. The Morgan fingerprint density at radius 1 is 1.04 bits per heavy atom. The molecule has 2 atom stereocenters. The molecule has 2 amide bonds. The van der Waals surface area contributed by atoms with Gasteiger partial charge in [-0.05, 0) is 25.1 Å². The molecule has 6 nitrogen and oxygen atoms in total. The van der Waals surface area contributed by atoms with Gasteiger partial charge in [0.1, 0.15) is 24.0 Å². The predicted octanol–water partition coefficient (Wildman–Crippen LogP) is 3.02. The van der Waals surface area contributed by atoms with Crippen LogP contribution in [0.2, 0.25) is 0 Å². The standard InChI is InChI=1S/C21H19NO5/c1-12-13(2)27-18-14(12)8-5-9-17(18)21(25)26-11-10-22-19(23)15-6-3-4-7-16(15)20(22)24/h3-9,12-13H,10-11H2,1-2H3/t12-,13+/m0/s1. The van der Waals surface area contributed by atoms with Crippen molar-refractivity contribution in [2.45, 2.75) is 25.9 Å². The van der Waals surface area contributed by atoms with E-state index in [1.165, 1.54) is 0 Å². The van der Waals surface area contributed by atoms with E-state index in [0.29, 0.717) is 22.4 Å². The van der Waals surface area contributed by atoms with Crippen LogP contribution in [0.25, 0.3) is 0 Å². The third kappa shape index (κ3) is 2.77. The zero-order chi connectivity index (χ0) is 19.1. The maximum absolute atomic E-state index is 12.5. The highest BCUT2D eigenvalue weighted by Gasteiger charge is 2.35. The minimum atomic E-state index is -0.523. The molecule has 0 fully saturated rings. The summed E-state index contributed by atoms with van der Waals surface area (Å²) in [4.78, 5) is 38.2. The van der Waals surface area contributed by atoms with E-state index < -0.39 is 5.97 Å². The number of carbonyl (C=O) groups is 3. The second-order valence-corrected chi connectivity index (χ2v) is 6.78. The number of imide groups is 1. The molecule has 0 radical (unpaired) electrons. The van der Waals surface area contributed by atoms with Crippen LogP contribution in [0.4, 0.5) is 0 Å². The molecule has 2 heterocycles. The van der Waals surface area contributed by atoms with E-state index in [1.807, 2.05) is 19.9 Å². The number of amides is 2. The zero-order valence-electron chi connectivity index (χ0n) is 15.1. The van der Waals surface area contributed by atoms with Gasteiger partial charge in [0.15, 0.2) is 0 Å². The molecular weight excluding hydrogens is 346 g/mol. The zero-order valence-corrected chi connectivity index (χ0v) is 15.1. The summed E-state index contributed by atoms with van der Waals surface area (Å²) in [6.45, 7) is 3.95. The third-order valence-electron chi connectivity index (χ3n) is 5.19. The smallest absolute Gasteiger partial charge is 0.341 e. The highest BCUT2D eigenvalue weighted by atomic mass is 16.5. The van der Waals surface area contributed by atoms with Crippen molar-refractivity contribution in [3.8, 4) is 5.75 Å². The lowest BCUT2D eigenvalue weighted by molar-refractivity contribution is 0.0416. The van der Waals surface area contributed by atoms with E-state index in [1.54, 1.807) is 36.4 Å². The van der Waals surface area contributed by atoms with E-state index in [2.05, 4.69) is 0 Å². The predicted molar refractivity (Wildman–Crippen MR) is 97.0 cm³/mol. The van der Waals surface area contributed by atoms with E-state index in [4.69, 9.17) is 9.47 Å². The van der Waals surface area contributed by atoms with Gasteiger partial charge in [-0.25, -0.2) is 4.79 Å². The summed E-state index contributed by atoms with van der Waals surface area (Å²) in [7, 11) is 0. The highest BCUT2D eigenvalue weighted by Crippen LogP contribution is 2.40. The number of carbonyl (C=O) groups excluding carboxylic acids is 3. The largest absolute Gasteiger partial charge is 0.489 e. The first-order valence-corrected chi connectivity index (χ1v) is 8.91. The van der Waals surface area contributed by atoms with Gasteiger partial charge in [0, 0.05) is 11.5 Å². The van der Waals surface area contributed by atoms with Gasteiger partial charge < -0.3 is 9.47 Å².